The van der Waals surface area contributed by atoms with Gasteiger partial charge in [0.15, 0.2) is 0 Å². The van der Waals surface area contributed by atoms with Crippen LogP contribution in [0.25, 0.3) is 0 Å². The lowest BCUT2D eigenvalue weighted by molar-refractivity contribution is -0.105. The van der Waals surface area contributed by atoms with Gasteiger partial charge in [-0.1, -0.05) is 0 Å². The summed E-state index contributed by atoms with van der Waals surface area (Å²) in [6.07, 6.45) is -2.28. The summed E-state index contributed by atoms with van der Waals surface area (Å²) in [5.41, 5.74) is 0. The number of piperidine rings is 1. The van der Waals surface area contributed by atoms with Crippen molar-refractivity contribution in [3.05, 3.63) is 0 Å². The first kappa shape index (κ1) is 13.4. The first-order valence-corrected chi connectivity index (χ1v) is 5.02. The molecule has 1 nitrogen and oxygen atoms in total. The molecule has 0 aromatic heterocycles. The molecule has 1 fully saturated rings. The maximum absolute atomic E-state index is 11.8. The van der Waals surface area contributed by atoms with E-state index in [4.69, 9.17) is 0 Å². The van der Waals surface area contributed by atoms with E-state index in [-0.39, 0.29) is 17.7 Å². The lowest BCUT2D eigenvalue weighted by Gasteiger charge is -2.22. The molecule has 1 heterocycles. The molecule has 6 heteroatoms. The zero-order valence-electron chi connectivity index (χ0n) is 7.06. The largest absolute Gasteiger partial charge is 0.397 e. The van der Waals surface area contributed by atoms with Gasteiger partial charge in [0.05, 0.1) is 5.75 Å². The fourth-order valence-corrected chi connectivity index (χ4v) is 2.17. The number of rotatable bonds is 2. The molecule has 0 spiro atoms. The number of halogens is 4. The average Bonchev–Trinajstić information content (AvgIpc) is 2.02. The third-order valence-electron chi connectivity index (χ3n) is 1.77. The first-order chi connectivity index (χ1) is 5.58. The van der Waals surface area contributed by atoms with E-state index in [1.807, 2.05) is 0 Å². The van der Waals surface area contributed by atoms with E-state index in [1.54, 1.807) is 0 Å². The van der Waals surface area contributed by atoms with Crippen molar-refractivity contribution in [1.82, 2.24) is 5.32 Å². The Hall–Kier alpha value is 0.390. The van der Waals surface area contributed by atoms with E-state index in [9.17, 15) is 13.2 Å². The van der Waals surface area contributed by atoms with Crippen LogP contribution in [0.2, 0.25) is 0 Å². The molecule has 1 saturated heterocycles. The fraction of sp³-hybridized carbons (Fsp3) is 1.00. The van der Waals surface area contributed by atoms with Crippen LogP contribution < -0.4 is 5.32 Å². The Labute approximate surface area is 86.2 Å². The van der Waals surface area contributed by atoms with Crippen molar-refractivity contribution in [2.24, 2.45) is 0 Å². The van der Waals surface area contributed by atoms with Crippen LogP contribution in [-0.2, 0) is 0 Å². The van der Waals surface area contributed by atoms with Crippen LogP contribution in [0.4, 0.5) is 13.2 Å². The molecule has 0 aromatic carbocycles. The summed E-state index contributed by atoms with van der Waals surface area (Å²) >= 11 is 1.04. The van der Waals surface area contributed by atoms with Crippen LogP contribution in [0.3, 0.4) is 0 Å². The summed E-state index contributed by atoms with van der Waals surface area (Å²) < 4.78 is 35.3. The van der Waals surface area contributed by atoms with Crippen molar-refractivity contribution < 1.29 is 13.2 Å². The number of hydrogen-bond acceptors (Lipinski definition) is 2. The summed E-state index contributed by atoms with van der Waals surface area (Å²) in [7, 11) is 0. The SMILES string of the molecule is Cl.FC(F)(F)CSC1CCNCC1. The van der Waals surface area contributed by atoms with E-state index >= 15 is 0 Å². The predicted octanol–water partition coefficient (Wildman–Crippen LogP) is 2.46. The minimum atomic E-state index is -4.00. The van der Waals surface area contributed by atoms with E-state index in [1.165, 1.54) is 0 Å². The van der Waals surface area contributed by atoms with E-state index < -0.39 is 11.9 Å². The van der Waals surface area contributed by atoms with Crippen LogP contribution in [-0.4, -0.2) is 30.3 Å². The van der Waals surface area contributed by atoms with E-state index in [0.29, 0.717) is 0 Å². The van der Waals surface area contributed by atoms with Gasteiger partial charge in [-0.25, -0.2) is 0 Å². The molecule has 1 N–H and O–H groups in total. The van der Waals surface area contributed by atoms with Crippen molar-refractivity contribution in [2.75, 3.05) is 18.8 Å². The molecule has 0 amide bonds. The molecule has 0 atom stereocenters. The first-order valence-electron chi connectivity index (χ1n) is 3.97. The van der Waals surface area contributed by atoms with Crippen molar-refractivity contribution in [1.29, 1.82) is 0 Å². The van der Waals surface area contributed by atoms with Crippen molar-refractivity contribution >= 4 is 24.2 Å². The summed E-state index contributed by atoms with van der Waals surface area (Å²) in [5, 5.41) is 3.32. The van der Waals surface area contributed by atoms with Gasteiger partial charge in [0.1, 0.15) is 0 Å². The maximum Gasteiger partial charge on any atom is 0.397 e. The number of hydrogen-bond donors (Lipinski definition) is 1. The molecule has 1 rings (SSSR count). The van der Waals surface area contributed by atoms with Crippen molar-refractivity contribution in [2.45, 2.75) is 24.3 Å². The summed E-state index contributed by atoms with van der Waals surface area (Å²) in [5.74, 6) is -0.697. The van der Waals surface area contributed by atoms with Crippen LogP contribution in [0.5, 0.6) is 0 Å². The molecule has 0 aromatic rings. The molecule has 1 aliphatic heterocycles. The molecule has 0 unspecified atom stereocenters. The zero-order chi connectivity index (χ0) is 9.03. The molecule has 0 bridgehead atoms. The van der Waals surface area contributed by atoms with E-state index in [2.05, 4.69) is 5.32 Å². The Bertz CT molecular complexity index is 136. The minimum absolute atomic E-state index is 0. The number of thioether (sulfide) groups is 1. The fourth-order valence-electron chi connectivity index (χ4n) is 1.17. The predicted molar refractivity (Wildman–Crippen MR) is 51.7 cm³/mol. The molecule has 0 saturated carbocycles. The second-order valence-electron chi connectivity index (χ2n) is 2.88. The van der Waals surface area contributed by atoms with Gasteiger partial charge in [-0.3, -0.25) is 0 Å². The highest BCUT2D eigenvalue weighted by atomic mass is 35.5. The third kappa shape index (κ3) is 6.46. The third-order valence-corrected chi connectivity index (χ3v) is 3.21. The lowest BCUT2D eigenvalue weighted by atomic mass is 10.2. The van der Waals surface area contributed by atoms with Crippen LogP contribution in [0, 0.1) is 0 Å². The van der Waals surface area contributed by atoms with E-state index in [0.717, 1.165) is 37.7 Å². The quantitative estimate of drug-likeness (QED) is 0.789. The van der Waals surface area contributed by atoms with Gasteiger partial charge in [-0.2, -0.15) is 13.2 Å². The molecular formula is C7H13ClF3NS. The molecule has 13 heavy (non-hydrogen) atoms. The van der Waals surface area contributed by atoms with Gasteiger partial charge >= 0.3 is 6.18 Å². The van der Waals surface area contributed by atoms with Gasteiger partial charge in [0.2, 0.25) is 0 Å². The Morgan fingerprint density at radius 1 is 1.23 bits per heavy atom. The average molecular weight is 236 g/mol. The molecule has 0 aliphatic carbocycles. The number of alkyl halides is 3. The second-order valence-corrected chi connectivity index (χ2v) is 4.16. The lowest BCUT2D eigenvalue weighted by Crippen LogP contribution is -2.30. The standard InChI is InChI=1S/C7H12F3NS.ClH/c8-7(9,10)5-12-6-1-3-11-4-2-6;/h6,11H,1-5H2;1H. The molecule has 1 aliphatic rings. The highest BCUT2D eigenvalue weighted by Gasteiger charge is 2.29. The summed E-state index contributed by atoms with van der Waals surface area (Å²) in [4.78, 5) is 0. The van der Waals surface area contributed by atoms with Gasteiger partial charge < -0.3 is 5.32 Å². The van der Waals surface area contributed by atoms with Crippen molar-refractivity contribution in [3.8, 4) is 0 Å². The second kappa shape index (κ2) is 5.98. The van der Waals surface area contributed by atoms with Gasteiger partial charge in [0, 0.05) is 5.25 Å². The smallest absolute Gasteiger partial charge is 0.317 e. The highest BCUT2D eigenvalue weighted by Crippen LogP contribution is 2.27. The maximum atomic E-state index is 11.8. The Morgan fingerprint density at radius 3 is 2.23 bits per heavy atom. The summed E-state index contributed by atoms with van der Waals surface area (Å²) in [6.45, 7) is 1.71. The Kier molecular flexibility index (Phi) is 6.16. The topological polar surface area (TPSA) is 12.0 Å². The number of nitrogens with one attached hydrogen (secondary N) is 1. The molecular weight excluding hydrogens is 223 g/mol. The normalized spacial score (nSPS) is 19.6. The summed E-state index contributed by atoms with van der Waals surface area (Å²) in [6, 6.07) is 0. The monoisotopic (exact) mass is 235 g/mol. The molecule has 0 radical (unpaired) electrons. The zero-order valence-corrected chi connectivity index (χ0v) is 8.70. The molecule has 80 valence electrons. The minimum Gasteiger partial charge on any atom is -0.317 e. The van der Waals surface area contributed by atoms with Gasteiger partial charge in [-0.15, -0.1) is 24.2 Å². The van der Waals surface area contributed by atoms with Crippen LogP contribution >= 0.6 is 24.2 Å². The van der Waals surface area contributed by atoms with Crippen molar-refractivity contribution in [3.63, 3.8) is 0 Å². The van der Waals surface area contributed by atoms with Gasteiger partial charge in [-0.05, 0) is 25.9 Å². The Morgan fingerprint density at radius 2 is 1.77 bits per heavy atom. The van der Waals surface area contributed by atoms with Gasteiger partial charge in [0.25, 0.3) is 0 Å². The van der Waals surface area contributed by atoms with Crippen LogP contribution in [0.15, 0.2) is 0 Å². The highest BCUT2D eigenvalue weighted by molar-refractivity contribution is 7.99. The van der Waals surface area contributed by atoms with Crippen LogP contribution in [0.1, 0.15) is 12.8 Å². The Balaban J connectivity index is 0.00000144.